The van der Waals surface area contributed by atoms with E-state index in [-0.39, 0.29) is 10.8 Å². The third-order valence-electron chi connectivity index (χ3n) is 2.26. The summed E-state index contributed by atoms with van der Waals surface area (Å²) in [4.78, 5) is 11.6. The fourth-order valence-corrected chi connectivity index (χ4v) is 2.46. The number of rotatable bonds is 7. The van der Waals surface area contributed by atoms with Crippen molar-refractivity contribution >= 4 is 36.8 Å². The SMILES string of the molecule is C=C(OC(=O)COc1ccc(Cl)cc1Cl)P(=O)(OC)OC. The highest BCUT2D eigenvalue weighted by Crippen LogP contribution is 2.54. The van der Waals surface area contributed by atoms with Gasteiger partial charge in [-0.1, -0.05) is 23.2 Å². The van der Waals surface area contributed by atoms with E-state index in [2.05, 4.69) is 15.6 Å². The summed E-state index contributed by atoms with van der Waals surface area (Å²) in [5, 5.41) is 0.679. The van der Waals surface area contributed by atoms with Crippen molar-refractivity contribution in [3.63, 3.8) is 0 Å². The Hall–Kier alpha value is -1.04. The summed E-state index contributed by atoms with van der Waals surface area (Å²) in [6.07, 6.45) is 0. The topological polar surface area (TPSA) is 71.1 Å². The molecule has 0 saturated heterocycles. The highest BCUT2D eigenvalue weighted by atomic mass is 35.5. The molecule has 0 bridgehead atoms. The lowest BCUT2D eigenvalue weighted by Gasteiger charge is -2.15. The Bertz CT molecular complexity index is 581. The minimum absolute atomic E-state index is 0.244. The number of carbonyl (C=O) groups is 1. The number of benzene rings is 1. The molecule has 6 nitrogen and oxygen atoms in total. The molecule has 0 fully saturated rings. The fourth-order valence-electron chi connectivity index (χ4n) is 1.22. The predicted octanol–water partition coefficient (Wildman–Crippen LogP) is 3.87. The molecule has 0 aliphatic rings. The molecule has 116 valence electrons. The van der Waals surface area contributed by atoms with Gasteiger partial charge in [0.15, 0.2) is 6.61 Å². The average Bonchev–Trinajstić information content (AvgIpc) is 2.45. The zero-order valence-electron chi connectivity index (χ0n) is 11.3. The third-order valence-corrected chi connectivity index (χ3v) is 4.45. The van der Waals surface area contributed by atoms with Crippen LogP contribution in [0.2, 0.25) is 10.0 Å². The van der Waals surface area contributed by atoms with Crippen molar-refractivity contribution in [3.8, 4) is 5.75 Å². The Labute approximate surface area is 132 Å². The van der Waals surface area contributed by atoms with Crippen LogP contribution in [0, 0.1) is 0 Å². The van der Waals surface area contributed by atoms with Crippen LogP contribution in [-0.2, 0) is 23.1 Å². The van der Waals surface area contributed by atoms with E-state index < -0.39 is 25.7 Å². The third kappa shape index (κ3) is 5.02. The Balaban J connectivity index is 2.59. The lowest BCUT2D eigenvalue weighted by molar-refractivity contribution is -0.141. The highest BCUT2D eigenvalue weighted by molar-refractivity contribution is 7.58. The van der Waals surface area contributed by atoms with Gasteiger partial charge in [0.2, 0.25) is 5.50 Å². The maximum absolute atomic E-state index is 11.9. The molecule has 21 heavy (non-hydrogen) atoms. The fraction of sp³-hybridized carbons (Fsp3) is 0.250. The second-order valence-corrected chi connectivity index (χ2v) is 6.66. The highest BCUT2D eigenvalue weighted by Gasteiger charge is 2.29. The standard InChI is InChI=1S/C12H13Cl2O6P/c1-8(21(16,17-2)18-3)20-12(15)7-19-11-5-4-9(13)6-10(11)14/h4-6H,1,7H2,2-3H3. The van der Waals surface area contributed by atoms with Gasteiger partial charge in [0, 0.05) is 19.2 Å². The minimum Gasteiger partial charge on any atom is -0.480 e. The summed E-state index contributed by atoms with van der Waals surface area (Å²) < 4.78 is 31.0. The van der Waals surface area contributed by atoms with Crippen molar-refractivity contribution in [2.75, 3.05) is 20.8 Å². The summed E-state index contributed by atoms with van der Waals surface area (Å²) in [5.41, 5.74) is -0.427. The Morgan fingerprint density at radius 2 is 1.90 bits per heavy atom. The molecule has 0 aliphatic carbocycles. The van der Waals surface area contributed by atoms with Crippen molar-refractivity contribution in [1.29, 1.82) is 0 Å². The van der Waals surface area contributed by atoms with Crippen LogP contribution >= 0.6 is 30.8 Å². The molecule has 0 saturated carbocycles. The van der Waals surface area contributed by atoms with Crippen LogP contribution in [0.15, 0.2) is 30.3 Å². The molecule has 0 heterocycles. The van der Waals surface area contributed by atoms with E-state index in [9.17, 15) is 9.36 Å². The Kier molecular flexibility index (Phi) is 6.71. The molecule has 1 aromatic rings. The number of hydrogen-bond donors (Lipinski definition) is 0. The van der Waals surface area contributed by atoms with E-state index in [0.29, 0.717) is 5.02 Å². The largest absolute Gasteiger partial charge is 0.480 e. The van der Waals surface area contributed by atoms with Crippen molar-refractivity contribution < 1.29 is 27.9 Å². The van der Waals surface area contributed by atoms with Gasteiger partial charge in [-0.15, -0.1) is 0 Å². The molecular weight excluding hydrogens is 342 g/mol. The monoisotopic (exact) mass is 354 g/mol. The van der Waals surface area contributed by atoms with E-state index in [1.807, 2.05) is 0 Å². The molecule has 9 heteroatoms. The summed E-state index contributed by atoms with van der Waals surface area (Å²) >= 11 is 11.6. The van der Waals surface area contributed by atoms with Crippen LogP contribution in [0.3, 0.4) is 0 Å². The first-order valence-corrected chi connectivity index (χ1v) is 7.81. The minimum atomic E-state index is -3.67. The Morgan fingerprint density at radius 3 is 2.43 bits per heavy atom. The van der Waals surface area contributed by atoms with Gasteiger partial charge >= 0.3 is 13.6 Å². The first kappa shape index (κ1) is 18.0. The molecule has 0 amide bonds. The number of hydrogen-bond acceptors (Lipinski definition) is 6. The summed E-state index contributed by atoms with van der Waals surface area (Å²) in [6.45, 7) is 2.87. The first-order valence-electron chi connectivity index (χ1n) is 5.52. The van der Waals surface area contributed by atoms with Crippen LogP contribution < -0.4 is 4.74 Å². The van der Waals surface area contributed by atoms with E-state index in [4.69, 9.17) is 32.7 Å². The zero-order chi connectivity index (χ0) is 16.0. The summed E-state index contributed by atoms with van der Waals surface area (Å²) in [7, 11) is -1.38. The van der Waals surface area contributed by atoms with E-state index in [1.54, 1.807) is 6.07 Å². The zero-order valence-corrected chi connectivity index (χ0v) is 13.7. The summed E-state index contributed by atoms with van der Waals surface area (Å²) in [6, 6.07) is 4.52. The van der Waals surface area contributed by atoms with Crippen LogP contribution in [-0.4, -0.2) is 26.8 Å². The molecule has 0 unspecified atom stereocenters. The molecule has 0 atom stereocenters. The molecule has 0 N–H and O–H groups in total. The smallest absolute Gasteiger partial charge is 0.395 e. The van der Waals surface area contributed by atoms with Crippen LogP contribution in [0.5, 0.6) is 5.75 Å². The molecule has 0 aliphatic heterocycles. The van der Waals surface area contributed by atoms with Gasteiger partial charge in [-0.05, 0) is 24.8 Å². The quantitative estimate of drug-likeness (QED) is 0.420. The number of ether oxygens (including phenoxy) is 2. The lowest BCUT2D eigenvalue weighted by Crippen LogP contribution is -2.15. The molecule has 0 spiro atoms. The van der Waals surface area contributed by atoms with Gasteiger partial charge in [-0.2, -0.15) is 0 Å². The van der Waals surface area contributed by atoms with Crippen LogP contribution in [0.1, 0.15) is 0 Å². The Morgan fingerprint density at radius 1 is 1.29 bits per heavy atom. The van der Waals surface area contributed by atoms with Crippen molar-refractivity contribution in [2.45, 2.75) is 0 Å². The lowest BCUT2D eigenvalue weighted by atomic mass is 10.3. The number of carbonyl (C=O) groups excluding carboxylic acids is 1. The van der Waals surface area contributed by atoms with Crippen LogP contribution in [0.4, 0.5) is 0 Å². The first-order chi connectivity index (χ1) is 9.82. The van der Waals surface area contributed by atoms with Gasteiger partial charge in [0.05, 0.1) is 5.02 Å². The van der Waals surface area contributed by atoms with Gasteiger partial charge in [0.25, 0.3) is 0 Å². The van der Waals surface area contributed by atoms with Gasteiger partial charge in [0.1, 0.15) is 5.75 Å². The van der Waals surface area contributed by atoms with Crippen LogP contribution in [0.25, 0.3) is 0 Å². The van der Waals surface area contributed by atoms with Gasteiger partial charge < -0.3 is 18.5 Å². The van der Waals surface area contributed by atoms with E-state index in [1.165, 1.54) is 12.1 Å². The average molecular weight is 355 g/mol. The van der Waals surface area contributed by atoms with Crippen molar-refractivity contribution in [1.82, 2.24) is 0 Å². The van der Waals surface area contributed by atoms with Gasteiger partial charge in [-0.25, -0.2) is 4.79 Å². The normalized spacial score (nSPS) is 11.0. The van der Waals surface area contributed by atoms with E-state index in [0.717, 1.165) is 14.2 Å². The van der Waals surface area contributed by atoms with E-state index >= 15 is 0 Å². The molecule has 1 aromatic carbocycles. The molecular formula is C12H13Cl2O6P. The van der Waals surface area contributed by atoms with Crippen molar-refractivity contribution in [2.24, 2.45) is 0 Å². The van der Waals surface area contributed by atoms with Gasteiger partial charge in [-0.3, -0.25) is 4.57 Å². The predicted molar refractivity (Wildman–Crippen MR) is 78.8 cm³/mol. The number of halogens is 2. The molecule has 0 aromatic heterocycles. The second kappa shape index (κ2) is 7.82. The maximum Gasteiger partial charge on any atom is 0.395 e. The van der Waals surface area contributed by atoms with Crippen molar-refractivity contribution in [3.05, 3.63) is 40.3 Å². The number of esters is 1. The molecule has 1 rings (SSSR count). The summed E-state index contributed by atoms with van der Waals surface area (Å²) in [5.74, 6) is -0.578. The maximum atomic E-state index is 11.9. The second-order valence-electron chi connectivity index (χ2n) is 3.59. The molecule has 0 radical (unpaired) electrons.